The van der Waals surface area contributed by atoms with Gasteiger partial charge in [0.15, 0.2) is 0 Å². The molecule has 1 saturated heterocycles. The van der Waals surface area contributed by atoms with Crippen LogP contribution >= 0.6 is 0 Å². The second-order valence-electron chi connectivity index (χ2n) is 6.29. The van der Waals surface area contributed by atoms with Crippen LogP contribution in [0.25, 0.3) is 0 Å². The van der Waals surface area contributed by atoms with Gasteiger partial charge < -0.3 is 14.8 Å². The summed E-state index contributed by atoms with van der Waals surface area (Å²) >= 11 is 0. The Morgan fingerprint density at radius 2 is 2.00 bits per heavy atom. The predicted molar refractivity (Wildman–Crippen MR) is 105 cm³/mol. The van der Waals surface area contributed by atoms with E-state index in [0.29, 0.717) is 24.6 Å². The molecule has 27 heavy (non-hydrogen) atoms. The Morgan fingerprint density at radius 3 is 2.67 bits per heavy atom. The summed E-state index contributed by atoms with van der Waals surface area (Å²) in [5, 5.41) is 2.85. The summed E-state index contributed by atoms with van der Waals surface area (Å²) < 4.78 is 36.5. The molecule has 1 heterocycles. The monoisotopic (exact) mass is 399 g/mol. The van der Waals surface area contributed by atoms with Gasteiger partial charge in [-0.25, -0.2) is 8.42 Å². The molecule has 1 aliphatic heterocycles. The summed E-state index contributed by atoms with van der Waals surface area (Å²) in [6.07, 6.45) is 1.21. The average Bonchev–Trinajstić information content (AvgIpc) is 2.63. The van der Waals surface area contributed by atoms with Crippen molar-refractivity contribution in [2.24, 2.45) is 0 Å². The number of carbonyl (C=O) groups is 1. The van der Waals surface area contributed by atoms with Crippen molar-refractivity contribution in [2.45, 2.75) is 13.3 Å². The van der Waals surface area contributed by atoms with Crippen molar-refractivity contribution >= 4 is 21.6 Å². The minimum absolute atomic E-state index is 0.0618. The molecule has 0 radical (unpaired) electrons. The summed E-state index contributed by atoms with van der Waals surface area (Å²) in [7, 11) is -3.54. The molecule has 0 spiro atoms. The number of amides is 1. The third-order valence-electron chi connectivity index (χ3n) is 4.23. The molecular weight excluding hydrogens is 370 g/mol. The highest BCUT2D eigenvalue weighted by molar-refractivity contribution is 7.92. The summed E-state index contributed by atoms with van der Waals surface area (Å²) in [6.45, 7) is 6.79. The van der Waals surface area contributed by atoms with E-state index in [2.05, 4.69) is 10.2 Å². The zero-order valence-electron chi connectivity index (χ0n) is 16.0. The number of hydrogen-bond donors (Lipinski definition) is 1. The number of anilines is 1. The summed E-state index contributed by atoms with van der Waals surface area (Å²) in [4.78, 5) is 14.4. The first-order chi connectivity index (χ1) is 12.9. The van der Waals surface area contributed by atoms with Crippen molar-refractivity contribution in [3.63, 3.8) is 0 Å². The lowest BCUT2D eigenvalue weighted by molar-refractivity contribution is -0.120. The minimum Gasteiger partial charge on any atom is -0.492 e. The number of para-hydroxylation sites is 2. The fraction of sp³-hybridized carbons (Fsp3) is 0.611. The van der Waals surface area contributed by atoms with Crippen molar-refractivity contribution in [1.29, 1.82) is 0 Å². The van der Waals surface area contributed by atoms with Gasteiger partial charge in [-0.05, 0) is 19.1 Å². The number of carbonyl (C=O) groups excluding carboxylic acids is 1. The van der Waals surface area contributed by atoms with Gasteiger partial charge in [0.05, 0.1) is 31.8 Å². The fourth-order valence-corrected chi connectivity index (χ4v) is 3.81. The Labute approximate surface area is 161 Å². The van der Waals surface area contributed by atoms with E-state index in [1.165, 1.54) is 4.31 Å². The Bertz CT molecular complexity index is 705. The molecule has 1 fully saturated rings. The van der Waals surface area contributed by atoms with Gasteiger partial charge in [0, 0.05) is 39.1 Å². The van der Waals surface area contributed by atoms with Crippen molar-refractivity contribution in [3.05, 3.63) is 24.3 Å². The summed E-state index contributed by atoms with van der Waals surface area (Å²) in [5.74, 6) is 0.309. The van der Waals surface area contributed by atoms with Crippen LogP contribution in [0.2, 0.25) is 0 Å². The molecule has 0 unspecified atom stereocenters. The molecule has 152 valence electrons. The van der Waals surface area contributed by atoms with E-state index in [1.54, 1.807) is 24.3 Å². The van der Waals surface area contributed by atoms with Crippen molar-refractivity contribution < 1.29 is 22.7 Å². The fourth-order valence-electron chi connectivity index (χ4n) is 2.88. The number of ether oxygens (including phenoxy) is 2. The van der Waals surface area contributed by atoms with Gasteiger partial charge in [0.25, 0.3) is 0 Å². The van der Waals surface area contributed by atoms with Crippen LogP contribution in [0.1, 0.15) is 13.3 Å². The molecule has 0 bridgehead atoms. The second kappa shape index (κ2) is 10.5. The number of nitrogens with zero attached hydrogens (tertiary/aromatic N) is 2. The predicted octanol–water partition coefficient (Wildman–Crippen LogP) is 0.690. The van der Waals surface area contributed by atoms with Crippen molar-refractivity contribution in [3.8, 4) is 5.75 Å². The highest BCUT2D eigenvalue weighted by Crippen LogP contribution is 2.29. The number of benzene rings is 1. The van der Waals surface area contributed by atoms with Crippen LogP contribution in [0.3, 0.4) is 0 Å². The average molecular weight is 400 g/mol. The van der Waals surface area contributed by atoms with Gasteiger partial charge in [-0.3, -0.25) is 14.0 Å². The molecule has 0 atom stereocenters. The van der Waals surface area contributed by atoms with Crippen LogP contribution in [0.5, 0.6) is 5.75 Å². The summed E-state index contributed by atoms with van der Waals surface area (Å²) in [5.41, 5.74) is 0.447. The van der Waals surface area contributed by atoms with Gasteiger partial charge in [0.1, 0.15) is 5.75 Å². The molecule has 1 N–H and O–H groups in total. The molecule has 1 aromatic carbocycles. The first-order valence-corrected chi connectivity index (χ1v) is 11.0. The molecule has 0 aromatic heterocycles. The Hall–Kier alpha value is -1.84. The largest absolute Gasteiger partial charge is 0.492 e. The van der Waals surface area contributed by atoms with Crippen molar-refractivity contribution in [1.82, 2.24) is 10.2 Å². The van der Waals surface area contributed by atoms with Gasteiger partial charge in [-0.15, -0.1) is 0 Å². The van der Waals surface area contributed by atoms with Gasteiger partial charge in [-0.2, -0.15) is 0 Å². The van der Waals surface area contributed by atoms with E-state index in [1.807, 2.05) is 6.92 Å². The molecule has 0 aliphatic carbocycles. The number of rotatable bonds is 10. The standard InChI is InChI=1S/C18H29N3O5S/c1-3-26-17-7-5-4-6-16(17)21(27(2,23)24)10-8-18(22)19-9-11-20-12-14-25-15-13-20/h4-7H,3,8-15H2,1-2H3,(H,19,22). The van der Waals surface area contributed by atoms with E-state index in [-0.39, 0.29) is 18.9 Å². The molecule has 9 heteroatoms. The number of morpholine rings is 1. The molecular formula is C18H29N3O5S. The smallest absolute Gasteiger partial charge is 0.232 e. The van der Waals surface area contributed by atoms with E-state index in [4.69, 9.17) is 9.47 Å². The number of hydrogen-bond acceptors (Lipinski definition) is 6. The lowest BCUT2D eigenvalue weighted by Gasteiger charge is -2.26. The number of nitrogens with one attached hydrogen (secondary N) is 1. The maximum absolute atomic E-state index is 12.2. The minimum atomic E-state index is -3.54. The van der Waals surface area contributed by atoms with Crippen LogP contribution in [0.15, 0.2) is 24.3 Å². The zero-order valence-corrected chi connectivity index (χ0v) is 16.8. The van der Waals surface area contributed by atoms with E-state index >= 15 is 0 Å². The van der Waals surface area contributed by atoms with Gasteiger partial charge >= 0.3 is 0 Å². The SMILES string of the molecule is CCOc1ccccc1N(CCC(=O)NCCN1CCOCC1)S(C)(=O)=O. The lowest BCUT2D eigenvalue weighted by Crippen LogP contribution is -2.42. The third kappa shape index (κ3) is 7.00. The molecule has 1 amide bonds. The highest BCUT2D eigenvalue weighted by Gasteiger charge is 2.22. The van der Waals surface area contributed by atoms with Crippen LogP contribution in [-0.2, 0) is 19.6 Å². The summed E-state index contributed by atoms with van der Waals surface area (Å²) in [6, 6.07) is 6.94. The quantitative estimate of drug-likeness (QED) is 0.623. The Kier molecular flexibility index (Phi) is 8.33. The zero-order chi connectivity index (χ0) is 19.7. The third-order valence-corrected chi connectivity index (χ3v) is 5.41. The molecule has 0 saturated carbocycles. The van der Waals surface area contributed by atoms with Crippen LogP contribution in [0, 0.1) is 0 Å². The molecule has 8 nitrogen and oxygen atoms in total. The van der Waals surface area contributed by atoms with Crippen molar-refractivity contribution in [2.75, 3.05) is 63.1 Å². The van der Waals surface area contributed by atoms with Crippen LogP contribution in [-0.4, -0.2) is 78.0 Å². The maximum Gasteiger partial charge on any atom is 0.232 e. The van der Waals surface area contributed by atoms with Crippen LogP contribution < -0.4 is 14.4 Å². The number of sulfonamides is 1. The molecule has 2 rings (SSSR count). The normalized spacial score (nSPS) is 15.3. The van der Waals surface area contributed by atoms with Gasteiger partial charge in [0.2, 0.25) is 15.9 Å². The first-order valence-electron chi connectivity index (χ1n) is 9.18. The Morgan fingerprint density at radius 1 is 1.30 bits per heavy atom. The van der Waals surface area contributed by atoms with E-state index in [9.17, 15) is 13.2 Å². The lowest BCUT2D eigenvalue weighted by atomic mass is 10.2. The van der Waals surface area contributed by atoms with E-state index < -0.39 is 10.0 Å². The molecule has 1 aliphatic rings. The van der Waals surface area contributed by atoms with Crippen LogP contribution in [0.4, 0.5) is 5.69 Å². The molecule has 1 aromatic rings. The maximum atomic E-state index is 12.2. The second-order valence-corrected chi connectivity index (χ2v) is 8.20. The van der Waals surface area contributed by atoms with Gasteiger partial charge in [-0.1, -0.05) is 12.1 Å². The Balaban J connectivity index is 1.90. The topological polar surface area (TPSA) is 88.2 Å². The first kappa shape index (κ1) is 21.5. The van der Waals surface area contributed by atoms with E-state index in [0.717, 1.165) is 39.1 Å². The highest BCUT2D eigenvalue weighted by atomic mass is 32.2.